The van der Waals surface area contributed by atoms with E-state index in [1.54, 1.807) is 10.6 Å². The van der Waals surface area contributed by atoms with E-state index in [-0.39, 0.29) is 46.1 Å². The van der Waals surface area contributed by atoms with Gasteiger partial charge in [-0.25, -0.2) is 0 Å². The van der Waals surface area contributed by atoms with Crippen molar-refractivity contribution in [1.29, 1.82) is 0 Å². The number of piperidine rings is 1. The van der Waals surface area contributed by atoms with Gasteiger partial charge >= 0.3 is 0 Å². The van der Waals surface area contributed by atoms with Gasteiger partial charge in [0.1, 0.15) is 5.56 Å². The first-order chi connectivity index (χ1) is 14.3. The van der Waals surface area contributed by atoms with Crippen molar-refractivity contribution in [1.82, 2.24) is 9.88 Å². The Morgan fingerprint density at radius 3 is 2.45 bits per heavy atom. The number of fused-ring (bicyclic) bond motifs is 3. The Kier molecular flexibility index (Phi) is 7.32. The van der Waals surface area contributed by atoms with Gasteiger partial charge in [-0.1, -0.05) is 31.5 Å². The van der Waals surface area contributed by atoms with Gasteiger partial charge in [0.25, 0.3) is 11.5 Å². The molecule has 1 N–H and O–H groups in total. The van der Waals surface area contributed by atoms with Gasteiger partial charge in [-0.2, -0.15) is 0 Å². The number of benzene rings is 1. The fourth-order valence-electron chi connectivity index (χ4n) is 5.95. The van der Waals surface area contributed by atoms with Crippen LogP contribution in [0.5, 0.6) is 0 Å². The number of quaternary nitrogens is 1. The van der Waals surface area contributed by atoms with Crippen LogP contribution < -0.4 is 27.9 Å². The number of carbonyl (C=O) groups is 1. The summed E-state index contributed by atoms with van der Waals surface area (Å²) in [4.78, 5) is 26.4. The smallest absolute Gasteiger partial charge is 0.264 e. The normalized spacial score (nSPS) is 27.3. The second-order valence-electron chi connectivity index (χ2n) is 9.84. The molecule has 170 valence electrons. The zero-order valence-corrected chi connectivity index (χ0v) is 20.8. The fourth-order valence-corrected chi connectivity index (χ4v) is 5.95. The van der Waals surface area contributed by atoms with E-state index in [4.69, 9.17) is 0 Å². The number of aromatic nitrogens is 1. The minimum atomic E-state index is -0.214. The van der Waals surface area contributed by atoms with Crippen LogP contribution in [0.25, 0.3) is 10.9 Å². The Morgan fingerprint density at radius 2 is 1.84 bits per heavy atom. The Labute approximate surface area is 196 Å². The monoisotopic (exact) mass is 489 g/mol. The Bertz CT molecular complexity index is 986. The first kappa shape index (κ1) is 24.0. The molecule has 0 spiro atoms. The third-order valence-electron chi connectivity index (χ3n) is 7.65. The highest BCUT2D eigenvalue weighted by atomic mass is 79.9. The van der Waals surface area contributed by atoms with Crippen LogP contribution in [-0.2, 0) is 0 Å². The van der Waals surface area contributed by atoms with Crippen molar-refractivity contribution < 1.29 is 26.3 Å². The molecule has 1 aromatic carbocycles. The van der Waals surface area contributed by atoms with Gasteiger partial charge in [-0.05, 0) is 37.8 Å². The summed E-state index contributed by atoms with van der Waals surface area (Å²) in [5.74, 6) is -0.214. The fraction of sp³-hybridized carbons (Fsp3) is 0.600. The van der Waals surface area contributed by atoms with E-state index in [1.165, 1.54) is 36.7 Å². The minimum Gasteiger partial charge on any atom is -1.00 e. The first-order valence-corrected chi connectivity index (χ1v) is 11.6. The number of amides is 1. The van der Waals surface area contributed by atoms with Crippen molar-refractivity contribution in [2.75, 3.05) is 13.6 Å². The molecule has 2 aliphatic heterocycles. The van der Waals surface area contributed by atoms with E-state index in [1.807, 2.05) is 38.1 Å². The van der Waals surface area contributed by atoms with Crippen molar-refractivity contribution in [3.8, 4) is 0 Å². The van der Waals surface area contributed by atoms with Crippen LogP contribution in [0.1, 0.15) is 75.7 Å². The highest BCUT2D eigenvalue weighted by molar-refractivity contribution is 5.97. The molecule has 3 heterocycles. The number of halogens is 1. The highest BCUT2D eigenvalue weighted by Crippen LogP contribution is 2.41. The topological polar surface area (TPSA) is 51.1 Å². The lowest BCUT2D eigenvalue weighted by Gasteiger charge is -2.47. The summed E-state index contributed by atoms with van der Waals surface area (Å²) in [7, 11) is 2.42. The van der Waals surface area contributed by atoms with Crippen LogP contribution in [0.15, 0.2) is 35.1 Å². The molecule has 31 heavy (non-hydrogen) atoms. The third kappa shape index (κ3) is 4.34. The summed E-state index contributed by atoms with van der Waals surface area (Å²) < 4.78 is 2.92. The lowest BCUT2D eigenvalue weighted by atomic mass is 9.93. The van der Waals surface area contributed by atoms with Crippen LogP contribution in [0.2, 0.25) is 0 Å². The molecule has 2 unspecified atom stereocenters. The molecule has 2 aliphatic rings. The van der Waals surface area contributed by atoms with Gasteiger partial charge in [0, 0.05) is 37.8 Å². The number of rotatable bonds is 6. The molecule has 1 aromatic heterocycles. The summed E-state index contributed by atoms with van der Waals surface area (Å²) in [6, 6.07) is 11.0. The maximum Gasteiger partial charge on any atom is 0.264 e. The molecular formula is C25H36BrN3O2. The Hall–Kier alpha value is -1.66. The number of unbranched alkanes of at least 4 members (excludes halogenated alkanes) is 1. The number of hydrogen-bond acceptors (Lipinski definition) is 2. The molecular weight excluding hydrogens is 454 g/mol. The predicted molar refractivity (Wildman–Crippen MR) is 122 cm³/mol. The molecule has 2 fully saturated rings. The maximum atomic E-state index is 13.2. The van der Waals surface area contributed by atoms with E-state index in [0.717, 1.165) is 23.7 Å². The summed E-state index contributed by atoms with van der Waals surface area (Å²) in [5.41, 5.74) is 0.959. The van der Waals surface area contributed by atoms with Crippen molar-refractivity contribution >= 4 is 16.8 Å². The van der Waals surface area contributed by atoms with Gasteiger partial charge in [0.05, 0.1) is 31.2 Å². The predicted octanol–water partition coefficient (Wildman–Crippen LogP) is 1.26. The first-order valence-electron chi connectivity index (χ1n) is 11.6. The number of pyridine rings is 1. The Morgan fingerprint density at radius 1 is 1.19 bits per heavy atom. The van der Waals surface area contributed by atoms with Crippen molar-refractivity contribution in [2.24, 2.45) is 0 Å². The number of nitrogens with zero attached hydrogens (tertiary/aromatic N) is 2. The molecule has 5 nitrogen and oxygen atoms in total. The van der Waals surface area contributed by atoms with E-state index in [9.17, 15) is 9.59 Å². The number of nitrogens with one attached hydrogen (secondary N) is 1. The van der Waals surface area contributed by atoms with Gasteiger partial charge in [-0.3, -0.25) is 9.59 Å². The van der Waals surface area contributed by atoms with Crippen LogP contribution in [0, 0.1) is 0 Å². The quantitative estimate of drug-likeness (QED) is 0.620. The summed E-state index contributed by atoms with van der Waals surface area (Å²) >= 11 is 0. The molecule has 0 saturated carbocycles. The number of carbonyl (C=O) groups excluding carboxylic acids is 1. The van der Waals surface area contributed by atoms with E-state index in [0.29, 0.717) is 12.1 Å². The van der Waals surface area contributed by atoms with Gasteiger partial charge in [0.15, 0.2) is 0 Å². The largest absolute Gasteiger partial charge is 1.00 e. The number of hydrogen-bond donors (Lipinski definition) is 1. The molecule has 1 amide bonds. The zero-order valence-electron chi connectivity index (χ0n) is 19.2. The van der Waals surface area contributed by atoms with Crippen molar-refractivity contribution in [3.63, 3.8) is 0 Å². The Balaban J connectivity index is 0.00000272. The SMILES string of the molecule is CCCC[N+]1(C)C2CCC1CC(NC(=O)c1cc3ccccc3n(C(C)C)c1=O)C2.[Br-]. The number of para-hydroxylation sites is 1. The van der Waals surface area contributed by atoms with Gasteiger partial charge < -0.3 is 31.3 Å². The second kappa shape index (κ2) is 9.45. The lowest BCUT2D eigenvalue weighted by molar-refractivity contribution is -0.948. The van der Waals surface area contributed by atoms with Crippen LogP contribution >= 0.6 is 0 Å². The van der Waals surface area contributed by atoms with Gasteiger partial charge in [-0.15, -0.1) is 0 Å². The summed E-state index contributed by atoms with van der Waals surface area (Å²) in [6.45, 7) is 7.48. The molecule has 2 saturated heterocycles. The van der Waals surface area contributed by atoms with Crippen LogP contribution in [0.3, 0.4) is 0 Å². The molecule has 0 aliphatic carbocycles. The second-order valence-corrected chi connectivity index (χ2v) is 9.84. The molecule has 2 bridgehead atoms. The van der Waals surface area contributed by atoms with E-state index in [2.05, 4.69) is 19.3 Å². The van der Waals surface area contributed by atoms with Crippen molar-refractivity contribution in [2.45, 2.75) is 83.5 Å². The molecule has 2 atom stereocenters. The standard InChI is InChI=1S/C25H35N3O2.BrH/c1-5-6-13-28(4)20-11-12-21(28)16-19(15-20)26-24(29)22-14-18-9-7-8-10-23(18)27(17(2)3)25(22)30;/h7-10,14,17,19-21H,5-6,11-13,15-16H2,1-4H3;1H. The van der Waals surface area contributed by atoms with Crippen LogP contribution in [0.4, 0.5) is 0 Å². The highest BCUT2D eigenvalue weighted by Gasteiger charge is 2.51. The van der Waals surface area contributed by atoms with E-state index >= 15 is 0 Å². The van der Waals surface area contributed by atoms with Crippen molar-refractivity contribution in [3.05, 3.63) is 46.2 Å². The minimum absolute atomic E-state index is 0. The van der Waals surface area contributed by atoms with E-state index < -0.39 is 0 Å². The zero-order chi connectivity index (χ0) is 21.5. The summed E-state index contributed by atoms with van der Waals surface area (Å²) in [5, 5.41) is 4.17. The summed E-state index contributed by atoms with van der Waals surface area (Å²) in [6.07, 6.45) is 7.06. The molecule has 0 radical (unpaired) electrons. The molecule has 2 aromatic rings. The average Bonchev–Trinajstić information content (AvgIpc) is 2.88. The maximum absolute atomic E-state index is 13.2. The van der Waals surface area contributed by atoms with Crippen LogP contribution in [-0.4, -0.2) is 46.7 Å². The van der Waals surface area contributed by atoms with Gasteiger partial charge in [0.2, 0.25) is 0 Å². The lowest BCUT2D eigenvalue weighted by Crippen LogP contribution is -3.00. The third-order valence-corrected chi connectivity index (χ3v) is 7.65. The molecule has 4 rings (SSSR count). The molecule has 6 heteroatoms. The average molecular weight is 490 g/mol.